The molecule has 0 spiro atoms. The largest absolute Gasteiger partial charge is 0.320 e. The van der Waals surface area contributed by atoms with Crippen molar-refractivity contribution < 1.29 is 4.79 Å². The highest BCUT2D eigenvalue weighted by molar-refractivity contribution is 7.09. The molecule has 1 aromatic carbocycles. The van der Waals surface area contributed by atoms with Crippen LogP contribution in [0.25, 0.3) is 0 Å². The number of anilines is 1. The Morgan fingerprint density at radius 1 is 1.39 bits per heavy atom. The molecule has 2 rings (SSSR count). The maximum Gasteiger partial charge on any atom is 0.269 e. The molecule has 0 saturated heterocycles. The van der Waals surface area contributed by atoms with Crippen LogP contribution in [0.2, 0.25) is 10.2 Å². The van der Waals surface area contributed by atoms with Crippen molar-refractivity contribution in [2.45, 2.75) is 0 Å². The van der Waals surface area contributed by atoms with Gasteiger partial charge < -0.3 is 5.32 Å². The van der Waals surface area contributed by atoms with Crippen molar-refractivity contribution in [3.63, 3.8) is 0 Å². The van der Waals surface area contributed by atoms with Gasteiger partial charge in [0.15, 0.2) is 5.15 Å². The van der Waals surface area contributed by atoms with Crippen LogP contribution >= 0.6 is 34.7 Å². The maximum atomic E-state index is 12.0. The van der Waals surface area contributed by atoms with Crippen LogP contribution in [-0.4, -0.2) is 10.3 Å². The Bertz CT molecular complexity index is 646. The number of benzene rings is 1. The van der Waals surface area contributed by atoms with Gasteiger partial charge in [0.25, 0.3) is 5.91 Å². The van der Waals surface area contributed by atoms with Crippen LogP contribution in [0, 0.1) is 12.3 Å². The quantitative estimate of drug-likeness (QED) is 0.859. The van der Waals surface area contributed by atoms with Crippen LogP contribution in [0.3, 0.4) is 0 Å². The standard InChI is InChI=1S/C12H6Cl2N2OS/c1-2-7-5-3-4-6-8(7)15-12(17)10-9(13)11(14)16-18-10/h1,3-6H,(H,15,17). The third-order valence-corrected chi connectivity index (χ3v) is 3.93. The van der Waals surface area contributed by atoms with Crippen LogP contribution < -0.4 is 5.32 Å². The van der Waals surface area contributed by atoms with Gasteiger partial charge in [0.05, 0.1) is 5.69 Å². The minimum Gasteiger partial charge on any atom is -0.320 e. The number of halogens is 2. The van der Waals surface area contributed by atoms with Crippen molar-refractivity contribution in [2.75, 3.05) is 5.32 Å². The molecule has 0 aliphatic rings. The van der Waals surface area contributed by atoms with Crippen molar-refractivity contribution in [2.24, 2.45) is 0 Å². The summed E-state index contributed by atoms with van der Waals surface area (Å²) in [6, 6.07) is 7.01. The zero-order valence-corrected chi connectivity index (χ0v) is 11.2. The van der Waals surface area contributed by atoms with Gasteiger partial charge in [-0.2, -0.15) is 4.37 Å². The second-order valence-electron chi connectivity index (χ2n) is 3.26. The molecule has 0 saturated carbocycles. The Balaban J connectivity index is 2.28. The first-order valence-corrected chi connectivity index (χ1v) is 6.34. The van der Waals surface area contributed by atoms with Gasteiger partial charge in [-0.1, -0.05) is 41.3 Å². The number of hydrogen-bond acceptors (Lipinski definition) is 3. The van der Waals surface area contributed by atoms with Crippen LogP contribution in [0.5, 0.6) is 0 Å². The Morgan fingerprint density at radius 3 is 2.72 bits per heavy atom. The lowest BCUT2D eigenvalue weighted by molar-refractivity contribution is 0.103. The van der Waals surface area contributed by atoms with Gasteiger partial charge in [0, 0.05) is 5.56 Å². The molecule has 1 heterocycles. The number of hydrogen-bond donors (Lipinski definition) is 1. The van der Waals surface area contributed by atoms with E-state index in [2.05, 4.69) is 15.6 Å². The first kappa shape index (κ1) is 12.9. The Morgan fingerprint density at radius 2 is 2.11 bits per heavy atom. The molecular formula is C12H6Cl2N2OS. The topological polar surface area (TPSA) is 42.0 Å². The first-order chi connectivity index (χ1) is 8.63. The van der Waals surface area contributed by atoms with Crippen LogP contribution in [0.15, 0.2) is 24.3 Å². The smallest absolute Gasteiger partial charge is 0.269 e. The van der Waals surface area contributed by atoms with Gasteiger partial charge in [-0.25, -0.2) is 0 Å². The molecule has 1 N–H and O–H groups in total. The summed E-state index contributed by atoms with van der Waals surface area (Å²) in [6.45, 7) is 0. The number of carbonyl (C=O) groups is 1. The number of amides is 1. The average molecular weight is 297 g/mol. The highest BCUT2D eigenvalue weighted by Crippen LogP contribution is 2.29. The van der Waals surface area contributed by atoms with Crippen molar-refractivity contribution in [3.8, 4) is 12.3 Å². The number of para-hydroxylation sites is 1. The summed E-state index contributed by atoms with van der Waals surface area (Å²) in [5, 5.41) is 2.95. The molecular weight excluding hydrogens is 291 g/mol. The SMILES string of the molecule is C#Cc1ccccc1NC(=O)c1snc(Cl)c1Cl. The van der Waals surface area contributed by atoms with Gasteiger partial charge in [0.1, 0.15) is 9.90 Å². The third kappa shape index (κ3) is 2.49. The molecule has 0 aliphatic heterocycles. The molecule has 1 amide bonds. The normalized spacial score (nSPS) is 9.83. The minimum atomic E-state index is -0.382. The van der Waals surface area contributed by atoms with E-state index in [-0.39, 0.29) is 21.0 Å². The molecule has 0 aliphatic carbocycles. The maximum absolute atomic E-state index is 12.0. The Kier molecular flexibility index (Phi) is 3.87. The number of terminal acetylenes is 1. The lowest BCUT2D eigenvalue weighted by Crippen LogP contribution is -2.11. The lowest BCUT2D eigenvalue weighted by atomic mass is 10.2. The molecule has 0 fully saturated rings. The van der Waals surface area contributed by atoms with E-state index in [0.29, 0.717) is 11.3 Å². The summed E-state index contributed by atoms with van der Waals surface area (Å²) < 4.78 is 3.80. The van der Waals surface area contributed by atoms with Crippen molar-refractivity contribution in [3.05, 3.63) is 44.9 Å². The molecule has 1 aromatic heterocycles. The lowest BCUT2D eigenvalue weighted by Gasteiger charge is -2.05. The summed E-state index contributed by atoms with van der Waals surface area (Å²) in [7, 11) is 0. The van der Waals surface area contributed by atoms with E-state index in [1.807, 2.05) is 0 Å². The summed E-state index contributed by atoms with van der Waals surface area (Å²) in [5.41, 5.74) is 1.14. The average Bonchev–Trinajstić information content (AvgIpc) is 2.71. The molecule has 0 atom stereocenters. The van der Waals surface area contributed by atoms with Crippen LogP contribution in [-0.2, 0) is 0 Å². The van der Waals surface area contributed by atoms with Crippen molar-refractivity contribution >= 4 is 46.3 Å². The molecule has 0 unspecified atom stereocenters. The highest BCUT2D eigenvalue weighted by Gasteiger charge is 2.17. The van der Waals surface area contributed by atoms with E-state index in [1.54, 1.807) is 24.3 Å². The molecule has 6 heteroatoms. The first-order valence-electron chi connectivity index (χ1n) is 4.81. The molecule has 90 valence electrons. The number of aromatic nitrogens is 1. The zero-order valence-electron chi connectivity index (χ0n) is 8.91. The summed E-state index contributed by atoms with van der Waals surface area (Å²) in [4.78, 5) is 12.2. The fourth-order valence-corrected chi connectivity index (χ4v) is 2.41. The summed E-state index contributed by atoms with van der Waals surface area (Å²) in [5.74, 6) is 2.10. The predicted octanol–water partition coefficient (Wildman–Crippen LogP) is 3.68. The van der Waals surface area contributed by atoms with E-state index in [0.717, 1.165) is 11.5 Å². The number of nitrogens with zero attached hydrogens (tertiary/aromatic N) is 1. The van der Waals surface area contributed by atoms with Crippen LogP contribution in [0.1, 0.15) is 15.2 Å². The molecule has 0 radical (unpaired) electrons. The van der Waals surface area contributed by atoms with E-state index in [4.69, 9.17) is 29.6 Å². The molecule has 0 bridgehead atoms. The Labute approximate surface area is 118 Å². The van der Waals surface area contributed by atoms with Gasteiger partial charge >= 0.3 is 0 Å². The number of rotatable bonds is 2. The minimum absolute atomic E-state index is 0.122. The van der Waals surface area contributed by atoms with Gasteiger partial charge in [-0.05, 0) is 23.7 Å². The van der Waals surface area contributed by atoms with Gasteiger partial charge in [-0.3, -0.25) is 4.79 Å². The van der Waals surface area contributed by atoms with E-state index < -0.39 is 0 Å². The fourth-order valence-electron chi connectivity index (χ4n) is 1.30. The number of nitrogens with one attached hydrogen (secondary N) is 1. The molecule has 2 aromatic rings. The predicted molar refractivity (Wildman–Crippen MR) is 74.5 cm³/mol. The van der Waals surface area contributed by atoms with E-state index in [1.165, 1.54) is 0 Å². The number of carbonyl (C=O) groups excluding carboxylic acids is 1. The molecule has 3 nitrogen and oxygen atoms in total. The second-order valence-corrected chi connectivity index (χ2v) is 4.77. The highest BCUT2D eigenvalue weighted by atomic mass is 35.5. The van der Waals surface area contributed by atoms with E-state index in [9.17, 15) is 4.79 Å². The summed E-state index contributed by atoms with van der Waals surface area (Å²) in [6.07, 6.45) is 5.34. The monoisotopic (exact) mass is 296 g/mol. The second kappa shape index (κ2) is 5.40. The van der Waals surface area contributed by atoms with Gasteiger partial charge in [-0.15, -0.1) is 6.42 Å². The van der Waals surface area contributed by atoms with E-state index >= 15 is 0 Å². The summed E-state index contributed by atoms with van der Waals surface area (Å²) >= 11 is 12.5. The van der Waals surface area contributed by atoms with Gasteiger partial charge in [0.2, 0.25) is 0 Å². The van der Waals surface area contributed by atoms with Crippen molar-refractivity contribution in [1.82, 2.24) is 4.37 Å². The molecule has 18 heavy (non-hydrogen) atoms. The fraction of sp³-hybridized carbons (Fsp3) is 0. The van der Waals surface area contributed by atoms with Crippen molar-refractivity contribution in [1.29, 1.82) is 0 Å². The van der Waals surface area contributed by atoms with Crippen LogP contribution in [0.4, 0.5) is 5.69 Å². The zero-order chi connectivity index (χ0) is 13.1. The Hall–Kier alpha value is -1.54. The third-order valence-electron chi connectivity index (χ3n) is 2.13.